The first-order valence-electron chi connectivity index (χ1n) is 12.7. The minimum Gasteiger partial charge on any atom is -0.336 e. The number of thioether (sulfide) groups is 1. The molecule has 8 nitrogen and oxygen atoms in total. The maximum absolute atomic E-state index is 13.3. The summed E-state index contributed by atoms with van der Waals surface area (Å²) in [4.78, 5) is 33.2. The molecule has 0 spiro atoms. The summed E-state index contributed by atoms with van der Waals surface area (Å²) in [5.74, 6) is 0.877. The number of sulfonamides is 1. The quantitative estimate of drug-likeness (QED) is 0.473. The second kappa shape index (κ2) is 10.4. The van der Waals surface area contributed by atoms with Crippen LogP contribution in [0.25, 0.3) is 0 Å². The number of halogens is 1. The molecule has 5 rings (SSSR count). The second-order valence-electron chi connectivity index (χ2n) is 10.5. The van der Waals surface area contributed by atoms with E-state index in [0.717, 1.165) is 29.9 Å². The van der Waals surface area contributed by atoms with E-state index in [1.807, 2.05) is 11.0 Å². The maximum atomic E-state index is 13.3. The Morgan fingerprint density at radius 3 is 2.80 bits per heavy atom. The topological polar surface area (TPSA) is 90.0 Å². The van der Waals surface area contributed by atoms with Gasteiger partial charge in [0.25, 0.3) is 0 Å². The van der Waals surface area contributed by atoms with E-state index in [0.29, 0.717) is 43.7 Å². The molecule has 4 aliphatic heterocycles. The summed E-state index contributed by atoms with van der Waals surface area (Å²) in [6.07, 6.45) is 8.84. The summed E-state index contributed by atoms with van der Waals surface area (Å²) < 4.78 is 27.6. The molecule has 5 unspecified atom stereocenters. The number of carbonyl (C=O) groups is 2. The number of alkyl halides is 1. The van der Waals surface area contributed by atoms with Crippen molar-refractivity contribution in [2.75, 3.05) is 32.7 Å². The van der Waals surface area contributed by atoms with Crippen molar-refractivity contribution in [2.24, 2.45) is 11.8 Å². The largest absolute Gasteiger partial charge is 0.336 e. The Labute approximate surface area is 217 Å². The molecule has 1 aliphatic carbocycles. The summed E-state index contributed by atoms with van der Waals surface area (Å²) in [6.45, 7) is 5.58. The minimum atomic E-state index is -3.79. The van der Waals surface area contributed by atoms with Crippen LogP contribution in [0.5, 0.6) is 0 Å². The predicted octanol–water partition coefficient (Wildman–Crippen LogP) is 2.33. The number of carbonyl (C=O) groups excluding carboxylic acids is 2. The van der Waals surface area contributed by atoms with E-state index in [1.165, 1.54) is 42.0 Å². The van der Waals surface area contributed by atoms with Crippen LogP contribution in [0.3, 0.4) is 0 Å². The first-order valence-corrected chi connectivity index (χ1v) is 15.6. The number of nitrogens with zero attached hydrogens (tertiary/aromatic N) is 3. The van der Waals surface area contributed by atoms with Gasteiger partial charge in [-0.05, 0) is 69.9 Å². The van der Waals surface area contributed by atoms with Crippen molar-refractivity contribution in [3.8, 4) is 0 Å². The molecular weight excluding hydrogens is 508 g/mol. The number of likely N-dealkylation sites (tertiary alicyclic amines) is 3. The minimum absolute atomic E-state index is 0.00775. The maximum Gasteiger partial charge on any atom is 0.242 e. The zero-order valence-electron chi connectivity index (χ0n) is 20.1. The van der Waals surface area contributed by atoms with E-state index in [-0.39, 0.29) is 29.1 Å². The van der Waals surface area contributed by atoms with Crippen LogP contribution < -0.4 is 4.72 Å². The molecule has 4 fully saturated rings. The lowest BCUT2D eigenvalue weighted by atomic mass is 10.1. The highest BCUT2D eigenvalue weighted by Crippen LogP contribution is 2.50. The van der Waals surface area contributed by atoms with Gasteiger partial charge in [0.15, 0.2) is 0 Å². The van der Waals surface area contributed by atoms with Crippen molar-refractivity contribution in [3.05, 3.63) is 22.5 Å². The monoisotopic (exact) mass is 542 g/mol. The molecule has 3 saturated heterocycles. The van der Waals surface area contributed by atoms with Crippen molar-refractivity contribution in [1.29, 1.82) is 0 Å². The third-order valence-corrected chi connectivity index (χ3v) is 10.7. The van der Waals surface area contributed by atoms with Gasteiger partial charge >= 0.3 is 0 Å². The van der Waals surface area contributed by atoms with Gasteiger partial charge in [-0.25, -0.2) is 8.42 Å². The highest BCUT2D eigenvalue weighted by molar-refractivity contribution is 8.05. The fourth-order valence-corrected chi connectivity index (χ4v) is 8.34. The zero-order chi connectivity index (χ0) is 24.7. The number of allylic oxidation sites excluding steroid dienone is 2. The molecule has 0 bridgehead atoms. The van der Waals surface area contributed by atoms with Gasteiger partial charge in [0.1, 0.15) is 6.04 Å². The summed E-state index contributed by atoms with van der Waals surface area (Å²) in [5, 5.41) is 1.10. The SMILES string of the molecule is CC1CCCN1CC1C2CC2CN1C(=O)CN1CCC[C@H](NS(=O)(=O)/C=C/C2=CCC(Cl)S2)C1=O. The molecule has 11 heteroatoms. The molecule has 5 aliphatic rings. The number of hydrogen-bond acceptors (Lipinski definition) is 6. The Bertz CT molecular complexity index is 1020. The van der Waals surface area contributed by atoms with Crippen molar-refractivity contribution >= 4 is 45.2 Å². The van der Waals surface area contributed by atoms with Crippen LogP contribution >= 0.6 is 23.4 Å². The number of amides is 2. The number of piperidine rings is 2. The highest BCUT2D eigenvalue weighted by Gasteiger charge is 2.54. The van der Waals surface area contributed by atoms with Gasteiger partial charge in [-0.1, -0.05) is 6.08 Å². The molecule has 4 heterocycles. The summed E-state index contributed by atoms with van der Waals surface area (Å²) >= 11 is 7.44. The molecule has 6 atom stereocenters. The Kier molecular flexibility index (Phi) is 7.57. The molecule has 1 N–H and O–H groups in total. The van der Waals surface area contributed by atoms with Crippen LogP contribution in [0.1, 0.15) is 45.4 Å². The van der Waals surface area contributed by atoms with Gasteiger partial charge < -0.3 is 9.80 Å². The first-order chi connectivity index (χ1) is 16.7. The lowest BCUT2D eigenvalue weighted by Gasteiger charge is -2.36. The third kappa shape index (κ3) is 5.92. The molecule has 1 saturated carbocycles. The van der Waals surface area contributed by atoms with Crippen LogP contribution in [-0.4, -0.2) is 90.5 Å². The van der Waals surface area contributed by atoms with E-state index in [1.54, 1.807) is 0 Å². The van der Waals surface area contributed by atoms with E-state index in [4.69, 9.17) is 11.6 Å². The van der Waals surface area contributed by atoms with E-state index in [2.05, 4.69) is 16.5 Å². The Morgan fingerprint density at radius 1 is 1.29 bits per heavy atom. The summed E-state index contributed by atoms with van der Waals surface area (Å²) in [6, 6.07) is -0.0377. The number of nitrogens with one attached hydrogen (secondary N) is 1. The van der Waals surface area contributed by atoms with Crippen LogP contribution in [0.2, 0.25) is 0 Å². The second-order valence-corrected chi connectivity index (χ2v) is 14.2. The van der Waals surface area contributed by atoms with Crippen LogP contribution in [0.4, 0.5) is 0 Å². The number of fused-ring (bicyclic) bond motifs is 1. The van der Waals surface area contributed by atoms with Crippen molar-refractivity contribution in [1.82, 2.24) is 19.4 Å². The average molecular weight is 543 g/mol. The summed E-state index contributed by atoms with van der Waals surface area (Å²) in [5.41, 5.74) is 0. The van der Waals surface area contributed by atoms with Crippen molar-refractivity contribution < 1.29 is 18.0 Å². The van der Waals surface area contributed by atoms with E-state index >= 15 is 0 Å². The fourth-order valence-electron chi connectivity index (χ4n) is 6.01. The molecule has 35 heavy (non-hydrogen) atoms. The molecule has 0 aromatic heterocycles. The Balaban J connectivity index is 1.17. The first kappa shape index (κ1) is 25.6. The van der Waals surface area contributed by atoms with E-state index in [9.17, 15) is 18.0 Å². The van der Waals surface area contributed by atoms with Crippen LogP contribution in [-0.2, 0) is 19.6 Å². The molecule has 0 aromatic rings. The number of hydrogen-bond donors (Lipinski definition) is 1. The molecule has 194 valence electrons. The summed E-state index contributed by atoms with van der Waals surface area (Å²) in [7, 11) is -3.79. The standard InChI is InChI=1S/C24H35ClN4O4S2/c1-16-4-2-9-27(16)14-21-19-12-17(19)13-29(21)23(30)15-28-10-3-5-20(24(28)31)26-35(32,33)11-8-18-6-7-22(25)34-18/h6,8,11,16-17,19-22,26H,2-5,7,9-10,12-15H2,1H3/b11-8+/t16?,17?,19?,20-,21?,22?/m0/s1. The third-order valence-electron chi connectivity index (χ3n) is 8.08. The smallest absolute Gasteiger partial charge is 0.242 e. The molecule has 0 radical (unpaired) electrons. The predicted molar refractivity (Wildman–Crippen MR) is 138 cm³/mol. The van der Waals surface area contributed by atoms with Gasteiger partial charge in [0.2, 0.25) is 21.8 Å². The van der Waals surface area contributed by atoms with Gasteiger partial charge in [0, 0.05) is 42.0 Å². The lowest BCUT2D eigenvalue weighted by molar-refractivity contribution is -0.144. The van der Waals surface area contributed by atoms with Gasteiger partial charge in [0.05, 0.1) is 11.3 Å². The highest BCUT2D eigenvalue weighted by atomic mass is 35.5. The average Bonchev–Trinajstić information content (AvgIpc) is 3.08. The molecular formula is C24H35ClN4O4S2. The van der Waals surface area contributed by atoms with Gasteiger partial charge in [-0.2, -0.15) is 4.72 Å². The number of rotatable bonds is 8. The lowest BCUT2D eigenvalue weighted by Crippen LogP contribution is -2.55. The molecule has 2 amide bonds. The normalized spacial score (nSPS) is 35.7. The fraction of sp³-hybridized carbons (Fsp3) is 0.750. The van der Waals surface area contributed by atoms with Gasteiger partial charge in [-0.15, -0.1) is 23.4 Å². The molecule has 0 aromatic carbocycles. The van der Waals surface area contributed by atoms with E-state index < -0.39 is 16.1 Å². The zero-order valence-corrected chi connectivity index (χ0v) is 22.5. The van der Waals surface area contributed by atoms with Crippen LogP contribution in [0.15, 0.2) is 22.5 Å². The van der Waals surface area contributed by atoms with Crippen LogP contribution in [0, 0.1) is 11.8 Å². The van der Waals surface area contributed by atoms with Crippen molar-refractivity contribution in [3.63, 3.8) is 0 Å². The van der Waals surface area contributed by atoms with Gasteiger partial charge in [-0.3, -0.25) is 14.5 Å². The Morgan fingerprint density at radius 2 is 2.09 bits per heavy atom. The van der Waals surface area contributed by atoms with Crippen molar-refractivity contribution in [2.45, 2.75) is 68.3 Å². The Hall–Kier alpha value is -1.07.